The molecule has 192 valence electrons. The van der Waals surface area contributed by atoms with Gasteiger partial charge in [-0.15, -0.1) is 18.3 Å². The van der Waals surface area contributed by atoms with Gasteiger partial charge in [0.25, 0.3) is 0 Å². The molecule has 2 bridgehead atoms. The lowest BCUT2D eigenvalue weighted by Crippen LogP contribution is -2.62. The molecule has 34 heavy (non-hydrogen) atoms. The van der Waals surface area contributed by atoms with E-state index < -0.39 is 40.2 Å². The lowest BCUT2D eigenvalue weighted by Gasteiger charge is -2.47. The van der Waals surface area contributed by atoms with Crippen molar-refractivity contribution in [2.24, 2.45) is 23.2 Å². The Labute approximate surface area is 208 Å². The molecule has 7 nitrogen and oxygen atoms in total. The van der Waals surface area contributed by atoms with Crippen molar-refractivity contribution in [2.45, 2.75) is 95.3 Å². The van der Waals surface area contributed by atoms with Crippen LogP contribution in [0.1, 0.15) is 67.7 Å². The van der Waals surface area contributed by atoms with E-state index in [9.17, 15) is 24.6 Å². The highest BCUT2D eigenvalue weighted by atomic mass is 32.2. The second-order valence-corrected chi connectivity index (χ2v) is 13.7. The van der Waals surface area contributed by atoms with Gasteiger partial charge in [0, 0.05) is 17.3 Å². The van der Waals surface area contributed by atoms with E-state index in [1.54, 1.807) is 11.0 Å². The Morgan fingerprint density at radius 3 is 2.41 bits per heavy atom. The number of aliphatic hydroxyl groups excluding tert-OH is 1. The first kappa shape index (κ1) is 27.1. The van der Waals surface area contributed by atoms with Crippen molar-refractivity contribution >= 4 is 29.5 Å². The van der Waals surface area contributed by atoms with Crippen LogP contribution >= 0.6 is 11.8 Å². The number of carbonyl (C=O) groups is 3. The standard InChI is InChI=1S/C26H42N2O5S/c1-9-11-27(25(7,8)14-24(4,5)6)22(31)20-26-15(3)12-17(34-26)18(23(32)33)19(26)21(30)28(20)16(10-2)13-29/h9,15-20,29H,1,10-14H2,2-8H3,(H,32,33)/t15?,16-,17-,18+,19-,20?,26?/m0/s1. The number of aliphatic carboxylic acids is 1. The molecule has 0 aliphatic carbocycles. The second-order valence-electron chi connectivity index (χ2n) is 12.2. The van der Waals surface area contributed by atoms with Crippen LogP contribution in [-0.2, 0) is 14.4 Å². The summed E-state index contributed by atoms with van der Waals surface area (Å²) in [5.41, 5.74) is -0.543. The van der Waals surface area contributed by atoms with Crippen molar-refractivity contribution < 1.29 is 24.6 Å². The quantitative estimate of drug-likeness (QED) is 0.477. The largest absolute Gasteiger partial charge is 0.481 e. The molecule has 0 aromatic heterocycles. The number of fused-ring (bicyclic) bond motifs is 1. The summed E-state index contributed by atoms with van der Waals surface area (Å²) >= 11 is 1.54. The Kier molecular flexibility index (Phi) is 7.29. The second kappa shape index (κ2) is 9.16. The van der Waals surface area contributed by atoms with Gasteiger partial charge in [0.05, 0.1) is 29.2 Å². The number of hydrogen-bond acceptors (Lipinski definition) is 5. The summed E-state index contributed by atoms with van der Waals surface area (Å²) in [5.74, 6) is -2.97. The smallest absolute Gasteiger partial charge is 0.308 e. The SMILES string of the molecule is C=CCN(C(=O)C1N([C@@H](CC)CO)C(=O)[C@@H]2[C@H](C(=O)O)[C@@H]3CC(C)C12S3)C(C)(C)CC(C)(C)C. The lowest BCUT2D eigenvalue weighted by atomic mass is 9.66. The first-order valence-electron chi connectivity index (χ1n) is 12.4. The first-order valence-corrected chi connectivity index (χ1v) is 13.3. The van der Waals surface area contributed by atoms with E-state index in [1.807, 2.05) is 32.6 Å². The summed E-state index contributed by atoms with van der Waals surface area (Å²) in [6.07, 6.45) is 3.62. The van der Waals surface area contributed by atoms with Gasteiger partial charge in [-0.3, -0.25) is 14.4 Å². The number of carboxylic acid groups (broad SMARTS) is 1. The summed E-state index contributed by atoms with van der Waals surface area (Å²) in [6.45, 7) is 18.4. The number of carbonyl (C=O) groups excluding carboxylic acids is 2. The maximum absolute atomic E-state index is 14.5. The van der Waals surface area contributed by atoms with Crippen LogP contribution < -0.4 is 0 Å². The summed E-state index contributed by atoms with van der Waals surface area (Å²) < 4.78 is -0.804. The Morgan fingerprint density at radius 1 is 1.32 bits per heavy atom. The molecule has 0 aromatic carbocycles. The van der Waals surface area contributed by atoms with Gasteiger partial charge in [0.15, 0.2) is 0 Å². The summed E-state index contributed by atoms with van der Waals surface area (Å²) in [4.78, 5) is 44.1. The molecule has 3 saturated heterocycles. The van der Waals surface area contributed by atoms with Crippen molar-refractivity contribution in [1.82, 2.24) is 9.80 Å². The minimum Gasteiger partial charge on any atom is -0.481 e. The zero-order chi connectivity index (χ0) is 25.8. The van der Waals surface area contributed by atoms with Crippen LogP contribution in [0.15, 0.2) is 12.7 Å². The summed E-state index contributed by atoms with van der Waals surface area (Å²) in [7, 11) is 0. The van der Waals surface area contributed by atoms with Crippen molar-refractivity contribution in [2.75, 3.05) is 13.2 Å². The van der Waals surface area contributed by atoms with Crippen molar-refractivity contribution in [1.29, 1.82) is 0 Å². The van der Waals surface area contributed by atoms with E-state index in [2.05, 4.69) is 27.4 Å². The molecule has 0 radical (unpaired) electrons. The first-order chi connectivity index (χ1) is 15.7. The summed E-state index contributed by atoms with van der Waals surface area (Å²) in [6, 6.07) is -1.34. The van der Waals surface area contributed by atoms with E-state index in [0.717, 1.165) is 6.42 Å². The third-order valence-corrected chi connectivity index (χ3v) is 10.1. The predicted molar refractivity (Wildman–Crippen MR) is 134 cm³/mol. The highest BCUT2D eigenvalue weighted by Gasteiger charge is 2.77. The zero-order valence-electron chi connectivity index (χ0n) is 21.7. The van der Waals surface area contributed by atoms with Crippen LogP contribution in [0.5, 0.6) is 0 Å². The number of thioether (sulfide) groups is 1. The van der Waals surface area contributed by atoms with Gasteiger partial charge in [0.1, 0.15) is 6.04 Å². The maximum Gasteiger partial charge on any atom is 0.308 e. The highest BCUT2D eigenvalue weighted by molar-refractivity contribution is 8.02. The van der Waals surface area contributed by atoms with E-state index in [-0.39, 0.29) is 35.0 Å². The van der Waals surface area contributed by atoms with Gasteiger partial charge in [-0.1, -0.05) is 40.7 Å². The third-order valence-electron chi connectivity index (χ3n) is 8.05. The Morgan fingerprint density at radius 2 is 1.94 bits per heavy atom. The van der Waals surface area contributed by atoms with E-state index >= 15 is 0 Å². The van der Waals surface area contributed by atoms with Crippen LogP contribution in [0.4, 0.5) is 0 Å². The van der Waals surface area contributed by atoms with Gasteiger partial charge in [-0.05, 0) is 44.4 Å². The molecule has 3 unspecified atom stereocenters. The van der Waals surface area contributed by atoms with Gasteiger partial charge in [0.2, 0.25) is 11.8 Å². The molecule has 0 saturated carbocycles. The van der Waals surface area contributed by atoms with Gasteiger partial charge in [-0.25, -0.2) is 0 Å². The van der Waals surface area contributed by atoms with Gasteiger partial charge < -0.3 is 20.0 Å². The number of hydrogen-bond donors (Lipinski definition) is 2. The molecular weight excluding hydrogens is 452 g/mol. The number of nitrogens with zero attached hydrogens (tertiary/aromatic N) is 2. The Balaban J connectivity index is 2.16. The molecule has 0 aromatic rings. The molecule has 3 heterocycles. The monoisotopic (exact) mass is 494 g/mol. The van der Waals surface area contributed by atoms with Crippen molar-refractivity contribution in [3.63, 3.8) is 0 Å². The Bertz CT molecular complexity index is 849. The van der Waals surface area contributed by atoms with Crippen molar-refractivity contribution in [3.05, 3.63) is 12.7 Å². The molecule has 3 aliphatic rings. The van der Waals surface area contributed by atoms with Crippen LogP contribution in [0.3, 0.4) is 0 Å². The Hall–Kier alpha value is -1.54. The minimum absolute atomic E-state index is 0.0125. The molecule has 3 fully saturated rings. The average molecular weight is 495 g/mol. The number of aliphatic hydroxyl groups is 1. The van der Waals surface area contributed by atoms with Crippen LogP contribution in [0, 0.1) is 23.2 Å². The normalized spacial score (nSPS) is 33.7. The topological polar surface area (TPSA) is 98.2 Å². The number of likely N-dealkylation sites (tertiary alicyclic amines) is 1. The fourth-order valence-corrected chi connectivity index (χ4v) is 9.53. The fraction of sp³-hybridized carbons (Fsp3) is 0.808. The molecule has 1 spiro atoms. The molecular formula is C26H42N2O5S. The minimum atomic E-state index is -0.967. The van der Waals surface area contributed by atoms with E-state index in [0.29, 0.717) is 19.4 Å². The van der Waals surface area contributed by atoms with Crippen LogP contribution in [0.25, 0.3) is 0 Å². The molecule has 3 rings (SSSR count). The molecule has 2 N–H and O–H groups in total. The average Bonchev–Trinajstić information content (AvgIpc) is 3.29. The molecule has 2 amide bonds. The zero-order valence-corrected chi connectivity index (χ0v) is 22.5. The van der Waals surface area contributed by atoms with Gasteiger partial charge >= 0.3 is 5.97 Å². The van der Waals surface area contributed by atoms with Crippen LogP contribution in [0.2, 0.25) is 0 Å². The summed E-state index contributed by atoms with van der Waals surface area (Å²) in [5, 5.41) is 20.0. The lowest BCUT2D eigenvalue weighted by molar-refractivity contribution is -0.150. The van der Waals surface area contributed by atoms with E-state index in [1.165, 1.54) is 11.8 Å². The predicted octanol–water partition coefficient (Wildman–Crippen LogP) is 3.41. The van der Waals surface area contributed by atoms with E-state index in [4.69, 9.17) is 0 Å². The third kappa shape index (κ3) is 4.08. The molecule has 3 aliphatic heterocycles. The number of rotatable bonds is 9. The fourth-order valence-electron chi connectivity index (χ4n) is 7.13. The van der Waals surface area contributed by atoms with Gasteiger partial charge in [-0.2, -0.15) is 0 Å². The highest BCUT2D eigenvalue weighted by Crippen LogP contribution is 2.69. The van der Waals surface area contributed by atoms with Crippen LogP contribution in [-0.4, -0.2) is 78.6 Å². The molecule has 8 heteroatoms. The van der Waals surface area contributed by atoms with Crippen molar-refractivity contribution in [3.8, 4) is 0 Å². The number of carboxylic acids is 1. The molecule has 7 atom stereocenters. The maximum atomic E-state index is 14.5. The number of amides is 2.